The van der Waals surface area contributed by atoms with Crippen molar-refractivity contribution in [3.63, 3.8) is 0 Å². The molecular formula is C31H24O7. The smallest absolute Gasteiger partial charge is 0.312 e. The van der Waals surface area contributed by atoms with Crippen LogP contribution in [0.3, 0.4) is 0 Å². The number of ketones is 1. The van der Waals surface area contributed by atoms with Gasteiger partial charge in [0.2, 0.25) is 5.78 Å². The number of allylic oxidation sites excluding steroid dienone is 1. The van der Waals surface area contributed by atoms with Crippen molar-refractivity contribution < 1.29 is 33.3 Å². The molecule has 38 heavy (non-hydrogen) atoms. The second kappa shape index (κ2) is 9.27. The number of hydrogen-bond acceptors (Lipinski definition) is 7. The Kier molecular flexibility index (Phi) is 5.76. The van der Waals surface area contributed by atoms with E-state index in [1.807, 2.05) is 48.5 Å². The van der Waals surface area contributed by atoms with Gasteiger partial charge in [0.1, 0.15) is 17.2 Å². The first-order valence-electron chi connectivity index (χ1n) is 12.1. The van der Waals surface area contributed by atoms with E-state index in [1.165, 1.54) is 0 Å². The lowest BCUT2D eigenvalue weighted by molar-refractivity contribution is -0.135. The third-order valence-corrected chi connectivity index (χ3v) is 7.01. The third kappa shape index (κ3) is 3.66. The number of carbonyl (C=O) groups is 2. The molecule has 2 aliphatic rings. The predicted octanol–water partition coefficient (Wildman–Crippen LogP) is 5.92. The molecule has 7 heteroatoms. The Labute approximate surface area is 219 Å². The molecule has 6 rings (SSSR count). The summed E-state index contributed by atoms with van der Waals surface area (Å²) in [6.45, 7) is 0. The average molecular weight is 509 g/mol. The molecule has 0 bridgehead atoms. The molecule has 1 atom stereocenters. The fraction of sp³-hybridized carbons (Fsp3) is 0.161. The molecule has 0 spiro atoms. The van der Waals surface area contributed by atoms with Gasteiger partial charge in [-0.25, -0.2) is 0 Å². The van der Waals surface area contributed by atoms with Crippen molar-refractivity contribution in [3.05, 3.63) is 94.7 Å². The first kappa shape index (κ1) is 23.6. The van der Waals surface area contributed by atoms with Crippen LogP contribution in [0.1, 0.15) is 39.4 Å². The van der Waals surface area contributed by atoms with E-state index in [0.717, 1.165) is 22.1 Å². The lowest BCUT2D eigenvalue weighted by atomic mass is 9.82. The van der Waals surface area contributed by atoms with E-state index in [-0.39, 0.29) is 29.9 Å². The molecule has 0 fully saturated rings. The largest absolute Gasteiger partial charge is 0.496 e. The van der Waals surface area contributed by atoms with E-state index >= 15 is 0 Å². The van der Waals surface area contributed by atoms with Gasteiger partial charge in [-0.2, -0.15) is 0 Å². The van der Waals surface area contributed by atoms with Gasteiger partial charge in [0.25, 0.3) is 0 Å². The van der Waals surface area contributed by atoms with Crippen molar-refractivity contribution in [1.82, 2.24) is 0 Å². The summed E-state index contributed by atoms with van der Waals surface area (Å²) in [5, 5.41) is 1.89. The first-order chi connectivity index (χ1) is 18.5. The molecule has 190 valence electrons. The second-order valence-corrected chi connectivity index (χ2v) is 9.01. The molecule has 4 aromatic carbocycles. The van der Waals surface area contributed by atoms with Crippen LogP contribution < -0.4 is 23.7 Å². The van der Waals surface area contributed by atoms with E-state index in [2.05, 4.69) is 0 Å². The molecule has 0 saturated heterocycles. The molecule has 2 aliphatic heterocycles. The van der Waals surface area contributed by atoms with Gasteiger partial charge in [0.15, 0.2) is 17.3 Å². The SMILES string of the molecule is COc1cccc(C=C2Oc3c(ccc4c3C(c3ccc(OC)c5ccccc35)CC(=O)O4)C2=O)c1OC. The van der Waals surface area contributed by atoms with Crippen LogP contribution in [0.15, 0.2) is 72.5 Å². The van der Waals surface area contributed by atoms with Gasteiger partial charge >= 0.3 is 5.97 Å². The monoisotopic (exact) mass is 508 g/mol. The zero-order valence-corrected chi connectivity index (χ0v) is 21.1. The van der Waals surface area contributed by atoms with E-state index in [4.69, 9.17) is 23.7 Å². The standard InChI is InChI=1S/C31H24O7/c1-34-23-13-11-19(18-8-4-5-9-20(18)23)22-16-27(32)37-24-14-12-21-29(33)26(38-31(21)28(22)24)15-17-7-6-10-25(35-2)30(17)36-3/h4-15,22H,16H2,1-3H3. The summed E-state index contributed by atoms with van der Waals surface area (Å²) in [4.78, 5) is 26.1. The van der Waals surface area contributed by atoms with E-state index in [1.54, 1.807) is 45.6 Å². The highest BCUT2D eigenvalue weighted by molar-refractivity contribution is 6.15. The van der Waals surface area contributed by atoms with Crippen LogP contribution in [0.4, 0.5) is 0 Å². The fourth-order valence-electron chi connectivity index (χ4n) is 5.32. The van der Waals surface area contributed by atoms with Crippen LogP contribution in [0, 0.1) is 0 Å². The number of benzene rings is 4. The Morgan fingerprint density at radius 3 is 2.34 bits per heavy atom. The van der Waals surface area contributed by atoms with Crippen molar-refractivity contribution in [1.29, 1.82) is 0 Å². The van der Waals surface area contributed by atoms with Crippen molar-refractivity contribution in [2.45, 2.75) is 12.3 Å². The fourth-order valence-corrected chi connectivity index (χ4v) is 5.32. The Hall–Kier alpha value is -4.78. The number of ether oxygens (including phenoxy) is 5. The summed E-state index contributed by atoms with van der Waals surface area (Å²) in [7, 11) is 4.73. The van der Waals surface area contributed by atoms with Gasteiger partial charge in [0, 0.05) is 22.4 Å². The van der Waals surface area contributed by atoms with Crippen LogP contribution in [0.5, 0.6) is 28.7 Å². The van der Waals surface area contributed by atoms with Crippen LogP contribution in [-0.2, 0) is 4.79 Å². The quantitative estimate of drug-likeness (QED) is 0.188. The normalized spacial score (nSPS) is 17.0. The summed E-state index contributed by atoms with van der Waals surface area (Å²) >= 11 is 0. The molecule has 0 aromatic heterocycles. The van der Waals surface area contributed by atoms with Gasteiger partial charge in [-0.15, -0.1) is 0 Å². The van der Waals surface area contributed by atoms with Crippen molar-refractivity contribution >= 4 is 28.6 Å². The molecule has 4 aromatic rings. The van der Waals surface area contributed by atoms with E-state index in [0.29, 0.717) is 39.7 Å². The highest BCUT2D eigenvalue weighted by Crippen LogP contribution is 2.50. The number of hydrogen-bond donors (Lipinski definition) is 0. The first-order valence-corrected chi connectivity index (χ1v) is 12.1. The predicted molar refractivity (Wildman–Crippen MR) is 142 cm³/mol. The second-order valence-electron chi connectivity index (χ2n) is 9.01. The molecule has 0 N–H and O–H groups in total. The maximum atomic E-state index is 13.5. The molecule has 0 saturated carbocycles. The van der Waals surface area contributed by atoms with Crippen molar-refractivity contribution in [2.75, 3.05) is 21.3 Å². The number of esters is 1. The van der Waals surface area contributed by atoms with Crippen molar-refractivity contribution in [2.24, 2.45) is 0 Å². The number of rotatable bonds is 5. The molecule has 0 radical (unpaired) electrons. The number of methoxy groups -OCH3 is 3. The maximum Gasteiger partial charge on any atom is 0.312 e. The molecular weight excluding hydrogens is 484 g/mol. The van der Waals surface area contributed by atoms with Gasteiger partial charge in [-0.3, -0.25) is 9.59 Å². The zero-order valence-electron chi connectivity index (χ0n) is 21.1. The van der Waals surface area contributed by atoms with Gasteiger partial charge in [-0.05, 0) is 41.3 Å². The molecule has 7 nitrogen and oxygen atoms in total. The lowest BCUT2D eigenvalue weighted by Crippen LogP contribution is -2.21. The molecule has 2 heterocycles. The molecule has 1 unspecified atom stereocenters. The summed E-state index contributed by atoms with van der Waals surface area (Å²) in [6, 6.07) is 20.5. The number of para-hydroxylation sites is 1. The number of carbonyl (C=O) groups excluding carboxylic acids is 2. The van der Waals surface area contributed by atoms with E-state index < -0.39 is 0 Å². The Bertz CT molecular complexity index is 1650. The average Bonchev–Trinajstić information content (AvgIpc) is 3.26. The highest BCUT2D eigenvalue weighted by atomic mass is 16.5. The maximum absolute atomic E-state index is 13.5. The van der Waals surface area contributed by atoms with E-state index in [9.17, 15) is 9.59 Å². The summed E-state index contributed by atoms with van der Waals surface area (Å²) in [6.07, 6.45) is 1.75. The van der Waals surface area contributed by atoms with Gasteiger partial charge < -0.3 is 23.7 Å². The van der Waals surface area contributed by atoms with Crippen molar-refractivity contribution in [3.8, 4) is 28.7 Å². The van der Waals surface area contributed by atoms with Crippen LogP contribution >= 0.6 is 0 Å². The molecule has 0 aliphatic carbocycles. The third-order valence-electron chi connectivity index (χ3n) is 7.01. The lowest BCUT2D eigenvalue weighted by Gasteiger charge is -2.27. The van der Waals surface area contributed by atoms with Crippen LogP contribution in [0.2, 0.25) is 0 Å². The minimum Gasteiger partial charge on any atom is -0.496 e. The van der Waals surface area contributed by atoms with Crippen LogP contribution in [-0.4, -0.2) is 33.1 Å². The van der Waals surface area contributed by atoms with Crippen LogP contribution in [0.25, 0.3) is 16.8 Å². The highest BCUT2D eigenvalue weighted by Gasteiger charge is 2.39. The Morgan fingerprint density at radius 1 is 0.789 bits per heavy atom. The summed E-state index contributed by atoms with van der Waals surface area (Å²) in [5.74, 6) is 1.73. The Balaban J connectivity index is 1.50. The number of fused-ring (bicyclic) bond motifs is 4. The minimum atomic E-state index is -0.379. The molecule has 0 amide bonds. The summed E-state index contributed by atoms with van der Waals surface area (Å²) in [5.41, 5.74) is 2.65. The van der Waals surface area contributed by atoms with Gasteiger partial charge in [-0.1, -0.05) is 42.5 Å². The Morgan fingerprint density at radius 2 is 1.58 bits per heavy atom. The minimum absolute atomic E-state index is 0.111. The topological polar surface area (TPSA) is 80.3 Å². The zero-order chi connectivity index (χ0) is 26.4. The van der Waals surface area contributed by atoms with Gasteiger partial charge in [0.05, 0.1) is 33.3 Å². The number of Topliss-reactive ketones (excluding diaryl/α,β-unsaturated/α-hetero) is 1. The summed E-state index contributed by atoms with van der Waals surface area (Å²) < 4.78 is 28.3.